The van der Waals surface area contributed by atoms with Gasteiger partial charge in [0.15, 0.2) is 0 Å². The van der Waals surface area contributed by atoms with Crippen LogP contribution in [0.2, 0.25) is 0 Å². The van der Waals surface area contributed by atoms with Gasteiger partial charge in [-0.3, -0.25) is 5.43 Å². The van der Waals surface area contributed by atoms with E-state index in [1.807, 2.05) is 19.0 Å². The molecule has 8 heteroatoms. The van der Waals surface area contributed by atoms with Crippen LogP contribution >= 0.6 is 0 Å². The summed E-state index contributed by atoms with van der Waals surface area (Å²) in [5.41, 5.74) is 2.46. The van der Waals surface area contributed by atoms with E-state index in [2.05, 4.69) is 20.4 Å². The van der Waals surface area contributed by atoms with Crippen LogP contribution in [0, 0.1) is 0 Å². The lowest BCUT2D eigenvalue weighted by Crippen LogP contribution is -2.43. The minimum Gasteiger partial charge on any atom is -0.395 e. The lowest BCUT2D eigenvalue weighted by molar-refractivity contribution is 0.282. The number of hydrazine groups is 1. The maximum absolute atomic E-state index is 9.21. The minimum atomic E-state index is 0.0743. The van der Waals surface area contributed by atoms with Crippen molar-refractivity contribution in [1.82, 2.24) is 15.0 Å². The maximum atomic E-state index is 9.21. The fourth-order valence-corrected chi connectivity index (χ4v) is 2.00. The van der Waals surface area contributed by atoms with Gasteiger partial charge in [-0.05, 0) is 19.3 Å². The highest BCUT2D eigenvalue weighted by Crippen LogP contribution is 2.28. The summed E-state index contributed by atoms with van der Waals surface area (Å²) in [5, 5.41) is 9.21. The van der Waals surface area contributed by atoms with Crippen molar-refractivity contribution in [3.05, 3.63) is 0 Å². The number of rotatable bonds is 6. The van der Waals surface area contributed by atoms with Crippen molar-refractivity contribution < 1.29 is 5.11 Å². The molecule has 106 valence electrons. The van der Waals surface area contributed by atoms with Crippen LogP contribution < -0.4 is 21.1 Å². The average molecular weight is 267 g/mol. The maximum Gasteiger partial charge on any atom is 0.243 e. The van der Waals surface area contributed by atoms with Crippen LogP contribution in [0.3, 0.4) is 0 Å². The van der Waals surface area contributed by atoms with Crippen LogP contribution in [0.4, 0.5) is 17.8 Å². The zero-order chi connectivity index (χ0) is 13.8. The highest BCUT2D eigenvalue weighted by atomic mass is 16.3. The number of nitrogens with two attached hydrogens (primary N) is 1. The van der Waals surface area contributed by atoms with Gasteiger partial charge < -0.3 is 14.9 Å². The van der Waals surface area contributed by atoms with E-state index in [0.29, 0.717) is 30.4 Å². The summed E-state index contributed by atoms with van der Waals surface area (Å²) in [6.07, 6.45) is 3.42. The Morgan fingerprint density at radius 1 is 1.26 bits per heavy atom. The average Bonchev–Trinajstić information content (AvgIpc) is 2.35. The highest BCUT2D eigenvalue weighted by molar-refractivity contribution is 5.45. The predicted octanol–water partition coefficient (Wildman–Crippen LogP) is -0.426. The van der Waals surface area contributed by atoms with Crippen molar-refractivity contribution in [2.75, 3.05) is 42.5 Å². The topological polar surface area (TPSA) is 103 Å². The normalized spacial score (nSPS) is 14.9. The van der Waals surface area contributed by atoms with E-state index in [-0.39, 0.29) is 6.61 Å². The molecule has 0 atom stereocenters. The summed E-state index contributed by atoms with van der Waals surface area (Å²) in [5.74, 6) is 6.83. The first-order valence-corrected chi connectivity index (χ1v) is 6.43. The Bertz CT molecular complexity index is 422. The van der Waals surface area contributed by atoms with Gasteiger partial charge in [0.25, 0.3) is 0 Å². The van der Waals surface area contributed by atoms with Crippen LogP contribution in [0.15, 0.2) is 0 Å². The first-order chi connectivity index (χ1) is 9.15. The third kappa shape index (κ3) is 3.02. The number of aromatic nitrogens is 3. The van der Waals surface area contributed by atoms with Crippen LogP contribution in [-0.4, -0.2) is 53.3 Å². The molecule has 1 aromatic heterocycles. The molecule has 1 heterocycles. The van der Waals surface area contributed by atoms with Crippen molar-refractivity contribution >= 4 is 17.8 Å². The fraction of sp³-hybridized carbons (Fsp3) is 0.727. The molecule has 19 heavy (non-hydrogen) atoms. The van der Waals surface area contributed by atoms with E-state index >= 15 is 0 Å². The van der Waals surface area contributed by atoms with Gasteiger partial charge in [0.05, 0.1) is 6.61 Å². The second-order valence-electron chi connectivity index (χ2n) is 4.80. The first kappa shape index (κ1) is 13.8. The molecule has 0 radical (unpaired) electrons. The molecule has 0 amide bonds. The molecule has 4 N–H and O–H groups in total. The van der Waals surface area contributed by atoms with Crippen molar-refractivity contribution in [2.45, 2.75) is 25.3 Å². The molecular weight excluding hydrogens is 246 g/mol. The van der Waals surface area contributed by atoms with Gasteiger partial charge in [0, 0.05) is 26.7 Å². The Morgan fingerprint density at radius 2 is 1.95 bits per heavy atom. The summed E-state index contributed by atoms with van der Waals surface area (Å²) < 4.78 is 0. The van der Waals surface area contributed by atoms with Gasteiger partial charge in [-0.15, -0.1) is 0 Å². The molecule has 1 fully saturated rings. The predicted molar refractivity (Wildman–Crippen MR) is 74.0 cm³/mol. The molecule has 1 aliphatic rings. The quantitative estimate of drug-likeness (QED) is 0.471. The Hall–Kier alpha value is -1.67. The molecule has 0 aliphatic heterocycles. The molecule has 0 unspecified atom stereocenters. The summed E-state index contributed by atoms with van der Waals surface area (Å²) in [6, 6.07) is 0.398. The Labute approximate surface area is 112 Å². The van der Waals surface area contributed by atoms with Gasteiger partial charge >= 0.3 is 0 Å². The Balaban J connectivity index is 2.31. The van der Waals surface area contributed by atoms with E-state index in [4.69, 9.17) is 5.84 Å². The van der Waals surface area contributed by atoms with E-state index in [9.17, 15) is 5.11 Å². The van der Waals surface area contributed by atoms with Crippen molar-refractivity contribution in [2.24, 2.45) is 5.84 Å². The molecule has 1 aromatic rings. The van der Waals surface area contributed by atoms with Crippen LogP contribution in [0.1, 0.15) is 19.3 Å². The van der Waals surface area contributed by atoms with Crippen molar-refractivity contribution in [1.29, 1.82) is 0 Å². The van der Waals surface area contributed by atoms with Gasteiger partial charge in [0.1, 0.15) is 0 Å². The summed E-state index contributed by atoms with van der Waals surface area (Å²) in [7, 11) is 3.72. The highest BCUT2D eigenvalue weighted by Gasteiger charge is 2.27. The Kier molecular flexibility index (Phi) is 4.33. The van der Waals surface area contributed by atoms with E-state index in [1.54, 1.807) is 4.90 Å². The summed E-state index contributed by atoms with van der Waals surface area (Å²) in [4.78, 5) is 16.7. The van der Waals surface area contributed by atoms with Gasteiger partial charge in [-0.1, -0.05) is 0 Å². The molecule has 2 rings (SSSR count). The molecule has 0 bridgehead atoms. The van der Waals surface area contributed by atoms with Crippen LogP contribution in [0.25, 0.3) is 0 Å². The lowest BCUT2D eigenvalue weighted by Gasteiger charge is -2.37. The van der Waals surface area contributed by atoms with Gasteiger partial charge in [0.2, 0.25) is 17.8 Å². The summed E-state index contributed by atoms with van der Waals surface area (Å²) in [6.45, 7) is 0.594. The number of hydrogen-bond acceptors (Lipinski definition) is 8. The van der Waals surface area contributed by atoms with Gasteiger partial charge in [-0.25, -0.2) is 5.84 Å². The largest absolute Gasteiger partial charge is 0.395 e. The third-order valence-electron chi connectivity index (χ3n) is 3.25. The monoisotopic (exact) mass is 267 g/mol. The van der Waals surface area contributed by atoms with Crippen molar-refractivity contribution in [3.63, 3.8) is 0 Å². The minimum absolute atomic E-state index is 0.0743. The van der Waals surface area contributed by atoms with E-state index < -0.39 is 0 Å². The summed E-state index contributed by atoms with van der Waals surface area (Å²) >= 11 is 0. The van der Waals surface area contributed by atoms with E-state index in [1.165, 1.54) is 6.42 Å². The number of nitrogen functional groups attached to an aromatic ring is 1. The molecular formula is C11H21N7O. The number of anilines is 3. The zero-order valence-electron chi connectivity index (χ0n) is 11.4. The second kappa shape index (κ2) is 5.98. The van der Waals surface area contributed by atoms with Crippen molar-refractivity contribution in [3.8, 4) is 0 Å². The third-order valence-corrected chi connectivity index (χ3v) is 3.25. The van der Waals surface area contributed by atoms with E-state index in [0.717, 1.165) is 12.8 Å². The number of hydrogen-bond donors (Lipinski definition) is 3. The molecule has 0 spiro atoms. The number of nitrogens with one attached hydrogen (secondary N) is 1. The Morgan fingerprint density at radius 3 is 2.42 bits per heavy atom. The molecule has 0 saturated heterocycles. The molecule has 0 aromatic carbocycles. The zero-order valence-corrected chi connectivity index (χ0v) is 11.4. The second-order valence-corrected chi connectivity index (χ2v) is 4.80. The number of aliphatic hydroxyl groups excluding tert-OH is 1. The fourth-order valence-electron chi connectivity index (χ4n) is 2.00. The first-order valence-electron chi connectivity index (χ1n) is 6.43. The number of aliphatic hydroxyl groups is 1. The lowest BCUT2D eigenvalue weighted by atomic mass is 9.92. The molecule has 8 nitrogen and oxygen atoms in total. The SMILES string of the molecule is CN(C)c1nc(NN)nc(N(CCO)C2CCC2)n1. The number of nitrogens with zero attached hydrogens (tertiary/aromatic N) is 5. The molecule has 1 aliphatic carbocycles. The smallest absolute Gasteiger partial charge is 0.243 e. The van der Waals surface area contributed by atoms with Crippen LogP contribution in [-0.2, 0) is 0 Å². The van der Waals surface area contributed by atoms with Crippen LogP contribution in [0.5, 0.6) is 0 Å². The van der Waals surface area contributed by atoms with Gasteiger partial charge in [-0.2, -0.15) is 15.0 Å². The molecule has 1 saturated carbocycles. The standard InChI is InChI=1S/C11H21N7O/c1-17(2)10-13-9(16-12)14-11(15-10)18(6-7-19)8-4-3-5-8/h8,19H,3-7,12H2,1-2H3,(H,13,14,15,16).